The molecule has 120 valence electrons. The third-order valence-electron chi connectivity index (χ3n) is 4.02. The Morgan fingerprint density at radius 2 is 2.00 bits per heavy atom. The number of aliphatic hydroxyl groups is 1. The van der Waals surface area contributed by atoms with Gasteiger partial charge in [-0.3, -0.25) is 4.98 Å². The van der Waals surface area contributed by atoms with Crippen molar-refractivity contribution < 1.29 is 9.53 Å². The third-order valence-corrected chi connectivity index (χ3v) is 9.57. The van der Waals surface area contributed by atoms with Gasteiger partial charge in [-0.25, -0.2) is 0 Å². The molecule has 0 radical (unpaired) electrons. The van der Waals surface area contributed by atoms with Crippen LogP contribution in [0.5, 0.6) is 0 Å². The van der Waals surface area contributed by atoms with Gasteiger partial charge in [0.2, 0.25) is 0 Å². The molecule has 0 aliphatic rings. The van der Waals surface area contributed by atoms with Gasteiger partial charge in [0.05, 0.1) is 6.61 Å². The van der Waals surface area contributed by atoms with Crippen LogP contribution in [0.2, 0.25) is 18.1 Å². The van der Waals surface area contributed by atoms with Crippen molar-refractivity contribution in [2.45, 2.75) is 45.0 Å². The Morgan fingerprint density at radius 1 is 1.27 bits per heavy atom. The number of rotatable bonds is 5. The molecule has 0 amide bonds. The van der Waals surface area contributed by atoms with E-state index in [1.165, 1.54) is 11.3 Å². The smallest absolute Gasteiger partial charge is 0.192 e. The van der Waals surface area contributed by atoms with Gasteiger partial charge in [0.1, 0.15) is 16.8 Å². The molecule has 1 atom stereocenters. The summed E-state index contributed by atoms with van der Waals surface area (Å²) in [7, 11) is -1.87. The summed E-state index contributed by atoms with van der Waals surface area (Å²) in [6.07, 6.45) is 0.969. The number of hydrogen-bond donors (Lipinski definition) is 1. The Morgan fingerprint density at radius 3 is 2.59 bits per heavy atom. The van der Waals surface area contributed by atoms with Crippen LogP contribution < -0.4 is 0 Å². The fourth-order valence-electron chi connectivity index (χ4n) is 1.54. The van der Waals surface area contributed by atoms with Crippen LogP contribution in [0.1, 0.15) is 31.9 Å². The second-order valence-corrected chi connectivity index (χ2v) is 12.6. The summed E-state index contributed by atoms with van der Waals surface area (Å²) in [5.74, 6) is 0. The molecule has 0 spiro atoms. The zero-order chi connectivity index (χ0) is 16.4. The minimum atomic E-state index is -1.87. The van der Waals surface area contributed by atoms with Crippen LogP contribution in [-0.4, -0.2) is 35.2 Å². The van der Waals surface area contributed by atoms with Gasteiger partial charge in [-0.2, -0.15) is 0 Å². The lowest BCUT2D eigenvalue weighted by atomic mass is 10.2. The maximum atomic E-state index is 10.3. The van der Waals surface area contributed by atoms with Gasteiger partial charge in [-0.15, -0.1) is 10.2 Å². The van der Waals surface area contributed by atoms with Gasteiger partial charge in [0.25, 0.3) is 0 Å². The maximum Gasteiger partial charge on any atom is 0.192 e. The molecule has 2 heterocycles. The molecule has 1 N–H and O–H groups in total. The lowest BCUT2D eigenvalue weighted by molar-refractivity contribution is 0.0995. The molecule has 5 nitrogen and oxygen atoms in total. The number of pyridine rings is 1. The predicted molar refractivity (Wildman–Crippen MR) is 91.2 cm³/mol. The van der Waals surface area contributed by atoms with E-state index < -0.39 is 14.4 Å². The first-order valence-corrected chi connectivity index (χ1v) is 11.0. The van der Waals surface area contributed by atoms with Crippen LogP contribution in [0.4, 0.5) is 0 Å². The number of aromatic nitrogens is 3. The average Bonchev–Trinajstić information content (AvgIpc) is 2.94. The zero-order valence-corrected chi connectivity index (χ0v) is 15.5. The Balaban J connectivity index is 2.03. The van der Waals surface area contributed by atoms with E-state index in [0.717, 1.165) is 5.69 Å². The van der Waals surface area contributed by atoms with Crippen LogP contribution in [0.15, 0.2) is 24.4 Å². The summed E-state index contributed by atoms with van der Waals surface area (Å²) in [4.78, 5) is 4.24. The van der Waals surface area contributed by atoms with Gasteiger partial charge in [0, 0.05) is 6.20 Å². The summed E-state index contributed by atoms with van der Waals surface area (Å²) < 4.78 is 6.04. The van der Waals surface area contributed by atoms with Crippen LogP contribution >= 0.6 is 11.3 Å². The minimum Gasteiger partial charge on any atom is -0.414 e. The molecule has 2 aromatic rings. The van der Waals surface area contributed by atoms with Gasteiger partial charge in [-0.05, 0) is 30.3 Å². The van der Waals surface area contributed by atoms with Crippen molar-refractivity contribution in [3.05, 3.63) is 29.4 Å². The molecule has 0 bridgehead atoms. The van der Waals surface area contributed by atoms with Gasteiger partial charge < -0.3 is 9.53 Å². The lowest BCUT2D eigenvalue weighted by Crippen LogP contribution is -2.41. The van der Waals surface area contributed by atoms with Crippen molar-refractivity contribution in [1.82, 2.24) is 15.2 Å². The molecule has 2 rings (SSSR count). The minimum absolute atomic E-state index is 0.118. The maximum absolute atomic E-state index is 10.3. The van der Waals surface area contributed by atoms with Crippen molar-refractivity contribution >= 4 is 19.7 Å². The standard InChI is InChI=1S/C15H23N3O2SSi/c1-15(2,3)22(4,5)20-10-12(19)14-18-17-13(21-14)11-8-6-7-9-16-11/h6-9,12,19H,10H2,1-5H3. The predicted octanol–water partition coefficient (Wildman–Crippen LogP) is 3.66. The highest BCUT2D eigenvalue weighted by Gasteiger charge is 2.37. The monoisotopic (exact) mass is 337 g/mol. The quantitative estimate of drug-likeness (QED) is 0.843. The van der Waals surface area contributed by atoms with Gasteiger partial charge >= 0.3 is 0 Å². The highest BCUT2D eigenvalue weighted by Crippen LogP contribution is 2.37. The van der Waals surface area contributed by atoms with E-state index in [4.69, 9.17) is 4.43 Å². The van der Waals surface area contributed by atoms with Crippen molar-refractivity contribution in [3.8, 4) is 10.7 Å². The number of nitrogens with zero attached hydrogens (tertiary/aromatic N) is 3. The highest BCUT2D eigenvalue weighted by atomic mass is 32.1. The molecular formula is C15H23N3O2SSi. The summed E-state index contributed by atoms with van der Waals surface area (Å²) in [6.45, 7) is 11.1. The number of hydrogen-bond acceptors (Lipinski definition) is 6. The van der Waals surface area contributed by atoms with Crippen molar-refractivity contribution in [2.75, 3.05) is 6.61 Å². The van der Waals surface area contributed by atoms with Crippen molar-refractivity contribution in [2.24, 2.45) is 0 Å². The highest BCUT2D eigenvalue weighted by molar-refractivity contribution is 7.14. The van der Waals surface area contributed by atoms with Crippen molar-refractivity contribution in [3.63, 3.8) is 0 Å². The van der Waals surface area contributed by atoms with E-state index in [9.17, 15) is 5.11 Å². The molecule has 2 aromatic heterocycles. The van der Waals surface area contributed by atoms with Gasteiger partial charge in [-0.1, -0.05) is 38.2 Å². The normalized spacial score (nSPS) is 14.1. The first-order valence-electron chi connectivity index (χ1n) is 7.27. The van der Waals surface area contributed by atoms with Crippen LogP contribution in [-0.2, 0) is 4.43 Å². The molecule has 0 aliphatic carbocycles. The Hall–Kier alpha value is -1.15. The second kappa shape index (κ2) is 6.53. The summed E-state index contributed by atoms with van der Waals surface area (Å²) >= 11 is 1.35. The van der Waals surface area contributed by atoms with E-state index in [1.54, 1.807) is 6.20 Å². The van der Waals surface area contributed by atoms with Crippen LogP contribution in [0.3, 0.4) is 0 Å². The average molecular weight is 338 g/mol. The SMILES string of the molecule is CC(C)(C)[Si](C)(C)OCC(O)c1nnc(-c2ccccn2)s1. The second-order valence-electron chi connectivity index (χ2n) is 6.75. The Labute approximate surface area is 136 Å². The first kappa shape index (κ1) is 17.2. The fourth-order valence-corrected chi connectivity index (χ4v) is 3.34. The molecular weight excluding hydrogens is 314 g/mol. The van der Waals surface area contributed by atoms with Gasteiger partial charge in [0.15, 0.2) is 13.3 Å². The molecule has 0 aliphatic heterocycles. The van der Waals surface area contributed by atoms with E-state index >= 15 is 0 Å². The molecule has 7 heteroatoms. The third kappa shape index (κ3) is 3.98. The molecule has 0 aromatic carbocycles. The fraction of sp³-hybridized carbons (Fsp3) is 0.533. The number of aliphatic hydroxyl groups excluding tert-OH is 1. The Bertz CT molecular complexity index is 611. The van der Waals surface area contributed by atoms with Crippen molar-refractivity contribution in [1.29, 1.82) is 0 Å². The van der Waals surface area contributed by atoms with Crippen LogP contribution in [0.25, 0.3) is 10.7 Å². The van der Waals surface area contributed by atoms with Crippen LogP contribution in [0, 0.1) is 0 Å². The van der Waals surface area contributed by atoms with E-state index in [0.29, 0.717) is 10.0 Å². The summed E-state index contributed by atoms with van der Waals surface area (Å²) in [6, 6.07) is 5.64. The molecule has 0 fully saturated rings. The van der Waals surface area contributed by atoms with E-state index in [-0.39, 0.29) is 11.6 Å². The molecule has 22 heavy (non-hydrogen) atoms. The summed E-state index contributed by atoms with van der Waals surface area (Å²) in [5, 5.41) is 19.9. The molecule has 0 saturated heterocycles. The molecule has 1 unspecified atom stereocenters. The topological polar surface area (TPSA) is 68.1 Å². The van der Waals surface area contributed by atoms with E-state index in [2.05, 4.69) is 49.0 Å². The lowest BCUT2D eigenvalue weighted by Gasteiger charge is -2.36. The zero-order valence-electron chi connectivity index (χ0n) is 13.7. The van der Waals surface area contributed by atoms with E-state index in [1.807, 2.05) is 18.2 Å². The molecule has 0 saturated carbocycles. The first-order chi connectivity index (χ1) is 10.2. The largest absolute Gasteiger partial charge is 0.414 e. The Kier molecular flexibility index (Phi) is 5.11. The summed E-state index contributed by atoms with van der Waals surface area (Å²) in [5.41, 5.74) is 0.767.